The number of pyridine rings is 1. The Morgan fingerprint density at radius 1 is 1.73 bits per heavy atom. The van der Waals surface area contributed by atoms with Crippen molar-refractivity contribution in [3.05, 3.63) is 29.0 Å². The number of rotatable bonds is 2. The number of Topliss-reactive ketones (excluding diaryl/α,β-unsaturated/α-hetero) is 1. The maximum absolute atomic E-state index is 10.7. The molecule has 0 spiro atoms. The molecule has 0 aliphatic heterocycles. The molecular weight excluding hydrogens is 162 g/mol. The minimum Gasteiger partial charge on any atom is -0.300 e. The molecule has 0 unspecified atom stereocenters. The normalized spacial score (nSPS) is 9.64. The summed E-state index contributed by atoms with van der Waals surface area (Å²) in [5, 5.41) is 0.558. The van der Waals surface area contributed by atoms with Crippen molar-refractivity contribution < 1.29 is 4.79 Å². The van der Waals surface area contributed by atoms with Gasteiger partial charge in [-0.1, -0.05) is 11.6 Å². The molecule has 0 saturated heterocycles. The SMILES string of the molecule is CC(=O)Cc1ccncc1Cl. The summed E-state index contributed by atoms with van der Waals surface area (Å²) in [7, 11) is 0. The molecule has 0 aliphatic carbocycles. The van der Waals surface area contributed by atoms with Gasteiger partial charge in [0.2, 0.25) is 0 Å². The third kappa shape index (κ3) is 2.31. The first-order valence-electron chi connectivity index (χ1n) is 3.28. The van der Waals surface area contributed by atoms with Crippen molar-refractivity contribution >= 4 is 17.4 Å². The van der Waals surface area contributed by atoms with E-state index in [1.807, 2.05) is 0 Å². The van der Waals surface area contributed by atoms with E-state index in [-0.39, 0.29) is 5.78 Å². The molecule has 11 heavy (non-hydrogen) atoms. The molecule has 0 atom stereocenters. The maximum atomic E-state index is 10.7. The number of hydrogen-bond donors (Lipinski definition) is 0. The highest BCUT2D eigenvalue weighted by atomic mass is 35.5. The van der Waals surface area contributed by atoms with Crippen LogP contribution in [0.1, 0.15) is 12.5 Å². The number of nitrogens with zero attached hydrogens (tertiary/aromatic N) is 1. The lowest BCUT2D eigenvalue weighted by Gasteiger charge is -1.98. The van der Waals surface area contributed by atoms with E-state index in [0.29, 0.717) is 11.4 Å². The minimum atomic E-state index is 0.109. The van der Waals surface area contributed by atoms with Gasteiger partial charge in [-0.25, -0.2) is 0 Å². The Bertz CT molecular complexity index is 273. The molecule has 0 aromatic carbocycles. The third-order valence-corrected chi connectivity index (χ3v) is 1.64. The van der Waals surface area contributed by atoms with Crippen LogP contribution in [0.15, 0.2) is 18.5 Å². The fraction of sp³-hybridized carbons (Fsp3) is 0.250. The number of carbonyl (C=O) groups excluding carboxylic acids is 1. The van der Waals surface area contributed by atoms with E-state index in [1.54, 1.807) is 18.5 Å². The topological polar surface area (TPSA) is 30.0 Å². The Labute approximate surface area is 70.2 Å². The van der Waals surface area contributed by atoms with Gasteiger partial charge in [-0.2, -0.15) is 0 Å². The van der Waals surface area contributed by atoms with Gasteiger partial charge >= 0.3 is 0 Å². The Morgan fingerprint density at radius 3 is 3.00 bits per heavy atom. The smallest absolute Gasteiger partial charge is 0.134 e. The second-order valence-corrected chi connectivity index (χ2v) is 2.75. The van der Waals surface area contributed by atoms with Crippen LogP contribution in [0.4, 0.5) is 0 Å². The van der Waals surface area contributed by atoms with Crippen LogP contribution in [0.25, 0.3) is 0 Å². The van der Waals surface area contributed by atoms with Crippen LogP contribution in [-0.4, -0.2) is 10.8 Å². The standard InChI is InChI=1S/C8H8ClNO/c1-6(11)4-7-2-3-10-5-8(7)9/h2-3,5H,4H2,1H3. The molecular formula is C8H8ClNO. The number of halogens is 1. The van der Waals surface area contributed by atoms with Gasteiger partial charge in [-0.15, -0.1) is 0 Å². The van der Waals surface area contributed by atoms with Gasteiger partial charge in [0, 0.05) is 18.8 Å². The maximum Gasteiger partial charge on any atom is 0.134 e. The van der Waals surface area contributed by atoms with Gasteiger partial charge in [-0.05, 0) is 18.6 Å². The molecule has 2 nitrogen and oxygen atoms in total. The highest BCUT2D eigenvalue weighted by molar-refractivity contribution is 6.31. The van der Waals surface area contributed by atoms with Crippen molar-refractivity contribution in [2.75, 3.05) is 0 Å². The average molecular weight is 170 g/mol. The summed E-state index contributed by atoms with van der Waals surface area (Å²) < 4.78 is 0. The number of hydrogen-bond acceptors (Lipinski definition) is 2. The second kappa shape index (κ2) is 3.49. The highest BCUT2D eigenvalue weighted by Gasteiger charge is 2.01. The second-order valence-electron chi connectivity index (χ2n) is 2.35. The van der Waals surface area contributed by atoms with Crippen LogP contribution < -0.4 is 0 Å². The monoisotopic (exact) mass is 169 g/mol. The van der Waals surface area contributed by atoms with Crippen LogP contribution in [0, 0.1) is 0 Å². The van der Waals surface area contributed by atoms with Gasteiger partial charge in [0.1, 0.15) is 5.78 Å². The average Bonchev–Trinajstić information content (AvgIpc) is 1.93. The van der Waals surface area contributed by atoms with E-state index in [9.17, 15) is 4.79 Å². The molecule has 0 saturated carbocycles. The summed E-state index contributed by atoms with van der Waals surface area (Å²) in [5.74, 6) is 0.109. The zero-order valence-corrected chi connectivity index (χ0v) is 6.93. The quantitative estimate of drug-likeness (QED) is 0.677. The molecule has 1 aromatic heterocycles. The van der Waals surface area contributed by atoms with Crippen molar-refractivity contribution in [1.82, 2.24) is 4.98 Å². The Kier molecular flexibility index (Phi) is 2.60. The van der Waals surface area contributed by atoms with Gasteiger partial charge in [0.05, 0.1) is 5.02 Å². The summed E-state index contributed by atoms with van der Waals surface area (Å²) >= 11 is 5.75. The molecule has 1 aromatic rings. The predicted octanol–water partition coefficient (Wildman–Crippen LogP) is 1.87. The first-order valence-corrected chi connectivity index (χ1v) is 3.66. The minimum absolute atomic E-state index is 0.109. The lowest BCUT2D eigenvalue weighted by atomic mass is 10.1. The van der Waals surface area contributed by atoms with E-state index >= 15 is 0 Å². The summed E-state index contributed by atoms with van der Waals surface area (Å²) in [4.78, 5) is 14.5. The summed E-state index contributed by atoms with van der Waals surface area (Å²) in [6.07, 6.45) is 3.56. The Morgan fingerprint density at radius 2 is 2.45 bits per heavy atom. The van der Waals surface area contributed by atoms with Crippen molar-refractivity contribution in [1.29, 1.82) is 0 Å². The third-order valence-electron chi connectivity index (χ3n) is 1.30. The van der Waals surface area contributed by atoms with Crippen molar-refractivity contribution in [2.24, 2.45) is 0 Å². The molecule has 3 heteroatoms. The lowest BCUT2D eigenvalue weighted by molar-refractivity contribution is -0.116. The molecule has 0 bridgehead atoms. The van der Waals surface area contributed by atoms with Crippen LogP contribution in [0.2, 0.25) is 5.02 Å². The fourth-order valence-corrected chi connectivity index (χ4v) is 1.00. The number of carbonyl (C=O) groups is 1. The van der Waals surface area contributed by atoms with Crippen LogP contribution in [0.5, 0.6) is 0 Å². The molecule has 58 valence electrons. The molecule has 1 rings (SSSR count). The number of ketones is 1. The van der Waals surface area contributed by atoms with Gasteiger partial charge in [0.25, 0.3) is 0 Å². The summed E-state index contributed by atoms with van der Waals surface area (Å²) in [6, 6.07) is 1.75. The number of aromatic nitrogens is 1. The van der Waals surface area contributed by atoms with E-state index in [4.69, 9.17) is 11.6 Å². The van der Waals surface area contributed by atoms with Crippen LogP contribution >= 0.6 is 11.6 Å². The van der Waals surface area contributed by atoms with Crippen molar-refractivity contribution in [3.8, 4) is 0 Å². The largest absolute Gasteiger partial charge is 0.300 e. The molecule has 0 aliphatic rings. The van der Waals surface area contributed by atoms with Gasteiger partial charge in [-0.3, -0.25) is 9.78 Å². The van der Waals surface area contributed by atoms with E-state index < -0.39 is 0 Å². The molecule has 0 amide bonds. The molecule has 1 heterocycles. The van der Waals surface area contributed by atoms with Crippen LogP contribution in [-0.2, 0) is 11.2 Å². The predicted molar refractivity (Wildman–Crippen MR) is 43.6 cm³/mol. The van der Waals surface area contributed by atoms with E-state index in [1.165, 1.54) is 6.92 Å². The molecule has 0 N–H and O–H groups in total. The Balaban J connectivity index is 2.86. The van der Waals surface area contributed by atoms with Crippen LogP contribution in [0.3, 0.4) is 0 Å². The van der Waals surface area contributed by atoms with E-state index in [0.717, 1.165) is 5.56 Å². The van der Waals surface area contributed by atoms with Gasteiger partial charge < -0.3 is 0 Å². The fourth-order valence-electron chi connectivity index (χ4n) is 0.816. The lowest BCUT2D eigenvalue weighted by Crippen LogP contribution is -1.96. The first-order chi connectivity index (χ1) is 5.20. The van der Waals surface area contributed by atoms with Crippen molar-refractivity contribution in [3.63, 3.8) is 0 Å². The van der Waals surface area contributed by atoms with Crippen molar-refractivity contribution in [2.45, 2.75) is 13.3 Å². The highest BCUT2D eigenvalue weighted by Crippen LogP contribution is 2.13. The summed E-state index contributed by atoms with van der Waals surface area (Å²) in [6.45, 7) is 1.54. The summed E-state index contributed by atoms with van der Waals surface area (Å²) in [5.41, 5.74) is 0.842. The molecule has 0 fully saturated rings. The molecule has 0 radical (unpaired) electrons. The Hall–Kier alpha value is -0.890. The van der Waals surface area contributed by atoms with E-state index in [2.05, 4.69) is 4.98 Å². The zero-order valence-electron chi connectivity index (χ0n) is 6.17. The first kappa shape index (κ1) is 8.21. The zero-order chi connectivity index (χ0) is 8.27. The van der Waals surface area contributed by atoms with Gasteiger partial charge in [0.15, 0.2) is 0 Å².